The molecule has 0 fully saturated rings. The number of anilines is 1. The van der Waals surface area contributed by atoms with E-state index >= 15 is 0 Å². The second-order valence-electron chi connectivity index (χ2n) is 3.94. The zero-order valence-electron chi connectivity index (χ0n) is 10.5. The summed E-state index contributed by atoms with van der Waals surface area (Å²) in [5.41, 5.74) is 4.83. The Morgan fingerprint density at radius 2 is 1.95 bits per heavy atom. The van der Waals surface area contributed by atoms with Gasteiger partial charge in [-0.2, -0.15) is 5.10 Å². The van der Waals surface area contributed by atoms with Crippen LogP contribution in [0.4, 0.5) is 5.82 Å². The summed E-state index contributed by atoms with van der Waals surface area (Å²) in [5, 5.41) is 4.69. The second kappa shape index (κ2) is 6.29. The van der Waals surface area contributed by atoms with E-state index in [1.807, 2.05) is 31.2 Å². The monoisotopic (exact) mass is 386 g/mol. The third kappa shape index (κ3) is 4.14. The van der Waals surface area contributed by atoms with Crippen molar-refractivity contribution in [3.05, 3.63) is 50.4 Å². The fourth-order valence-corrected chi connectivity index (χ4v) is 2.07. The number of aryl methyl sites for hydroxylation is 1. The molecule has 98 valence electrons. The number of nitrogens with zero attached hydrogens (tertiary/aromatic N) is 3. The summed E-state index contributed by atoms with van der Waals surface area (Å²) in [4.78, 5) is 8.19. The van der Waals surface area contributed by atoms with Gasteiger partial charge in [0, 0.05) is 9.64 Å². The zero-order valence-corrected chi connectivity index (χ0v) is 13.4. The lowest BCUT2D eigenvalue weighted by atomic mass is 10.1. The minimum absolute atomic E-state index is 0.400. The molecule has 1 N–H and O–H groups in total. The first-order valence-electron chi connectivity index (χ1n) is 5.62. The van der Waals surface area contributed by atoms with E-state index in [1.165, 1.54) is 3.57 Å². The van der Waals surface area contributed by atoms with Gasteiger partial charge >= 0.3 is 0 Å². The first-order chi connectivity index (χ1) is 9.04. The molecule has 2 rings (SSSR count). The summed E-state index contributed by atoms with van der Waals surface area (Å²) in [5.74, 6) is 1.19. The van der Waals surface area contributed by atoms with Crippen LogP contribution in [0.25, 0.3) is 0 Å². The van der Waals surface area contributed by atoms with Crippen molar-refractivity contribution in [1.29, 1.82) is 0 Å². The molecule has 0 aliphatic rings. The van der Waals surface area contributed by atoms with E-state index < -0.39 is 0 Å². The van der Waals surface area contributed by atoms with Crippen LogP contribution in [0.15, 0.2) is 35.4 Å². The highest BCUT2D eigenvalue weighted by atomic mass is 127. The largest absolute Gasteiger partial charge is 0.261 e. The molecule has 6 heteroatoms. The van der Waals surface area contributed by atoms with Crippen molar-refractivity contribution in [2.75, 3.05) is 5.43 Å². The predicted molar refractivity (Wildman–Crippen MR) is 86.8 cm³/mol. The van der Waals surface area contributed by atoms with Crippen molar-refractivity contribution in [2.45, 2.75) is 13.8 Å². The normalized spacial score (nSPS) is 11.5. The molecule has 19 heavy (non-hydrogen) atoms. The van der Waals surface area contributed by atoms with E-state index in [1.54, 1.807) is 13.0 Å². The lowest BCUT2D eigenvalue weighted by Gasteiger charge is -2.04. The Balaban J connectivity index is 2.15. The van der Waals surface area contributed by atoms with E-state index in [-0.39, 0.29) is 0 Å². The molecule has 0 bridgehead atoms. The van der Waals surface area contributed by atoms with Crippen molar-refractivity contribution in [1.82, 2.24) is 9.97 Å². The number of aromatic nitrogens is 2. The Kier molecular flexibility index (Phi) is 4.71. The maximum Gasteiger partial charge on any atom is 0.151 e. The minimum Gasteiger partial charge on any atom is -0.261 e. The lowest BCUT2D eigenvalue weighted by molar-refractivity contribution is 1.04. The van der Waals surface area contributed by atoms with E-state index in [4.69, 9.17) is 11.6 Å². The summed E-state index contributed by atoms with van der Waals surface area (Å²) in [7, 11) is 0. The summed E-state index contributed by atoms with van der Waals surface area (Å²) in [6.07, 6.45) is 0. The number of benzene rings is 1. The van der Waals surface area contributed by atoms with Crippen LogP contribution in [-0.2, 0) is 0 Å². The maximum atomic E-state index is 5.86. The zero-order chi connectivity index (χ0) is 13.8. The second-order valence-corrected chi connectivity index (χ2v) is 5.57. The molecular weight excluding hydrogens is 375 g/mol. The molecule has 1 aromatic carbocycles. The average Bonchev–Trinajstić information content (AvgIpc) is 2.36. The molecule has 1 heterocycles. The van der Waals surface area contributed by atoms with E-state index in [2.05, 4.69) is 43.1 Å². The van der Waals surface area contributed by atoms with Gasteiger partial charge in [-0.1, -0.05) is 23.7 Å². The number of hydrazone groups is 1. The van der Waals surface area contributed by atoms with Crippen molar-refractivity contribution >= 4 is 45.7 Å². The highest BCUT2D eigenvalue weighted by molar-refractivity contribution is 14.1. The van der Waals surface area contributed by atoms with Crippen LogP contribution in [-0.4, -0.2) is 15.7 Å². The summed E-state index contributed by atoms with van der Waals surface area (Å²) < 4.78 is 1.19. The van der Waals surface area contributed by atoms with Gasteiger partial charge in [0.05, 0.1) is 5.71 Å². The topological polar surface area (TPSA) is 50.2 Å². The van der Waals surface area contributed by atoms with E-state index in [0.717, 1.165) is 11.3 Å². The van der Waals surface area contributed by atoms with Crippen LogP contribution < -0.4 is 5.43 Å². The Morgan fingerprint density at radius 1 is 1.26 bits per heavy atom. The smallest absolute Gasteiger partial charge is 0.151 e. The van der Waals surface area contributed by atoms with Gasteiger partial charge in [0.1, 0.15) is 11.0 Å². The lowest BCUT2D eigenvalue weighted by Crippen LogP contribution is -2.02. The van der Waals surface area contributed by atoms with Crippen LogP contribution in [0.3, 0.4) is 0 Å². The minimum atomic E-state index is 0.400. The van der Waals surface area contributed by atoms with E-state index in [0.29, 0.717) is 16.8 Å². The molecule has 0 saturated heterocycles. The molecule has 0 unspecified atom stereocenters. The van der Waals surface area contributed by atoms with Crippen LogP contribution in [0.5, 0.6) is 0 Å². The molecule has 2 aromatic rings. The van der Waals surface area contributed by atoms with Gasteiger partial charge in [-0.15, -0.1) is 0 Å². The molecule has 0 amide bonds. The number of nitrogens with one attached hydrogen (secondary N) is 1. The molecule has 0 saturated carbocycles. The molecule has 0 aliphatic carbocycles. The fraction of sp³-hybridized carbons (Fsp3) is 0.154. The van der Waals surface area contributed by atoms with E-state index in [9.17, 15) is 0 Å². The SMILES string of the molecule is CC(=NNc1cc(Cl)nc(C)n1)c1ccc(I)cc1. The molecule has 0 radical (unpaired) electrons. The number of hydrogen-bond acceptors (Lipinski definition) is 4. The molecule has 0 spiro atoms. The molecule has 1 aromatic heterocycles. The van der Waals surface area contributed by atoms with Crippen molar-refractivity contribution in [3.63, 3.8) is 0 Å². The number of hydrogen-bond donors (Lipinski definition) is 1. The van der Waals surface area contributed by atoms with Gasteiger partial charge < -0.3 is 0 Å². The van der Waals surface area contributed by atoms with Crippen LogP contribution >= 0.6 is 34.2 Å². The third-order valence-corrected chi connectivity index (χ3v) is 3.32. The Bertz CT molecular complexity index is 590. The first-order valence-corrected chi connectivity index (χ1v) is 7.08. The van der Waals surface area contributed by atoms with Crippen molar-refractivity contribution < 1.29 is 0 Å². The van der Waals surface area contributed by atoms with Crippen molar-refractivity contribution in [3.8, 4) is 0 Å². The van der Waals surface area contributed by atoms with Gasteiger partial charge in [0.2, 0.25) is 0 Å². The highest BCUT2D eigenvalue weighted by Gasteiger charge is 2.00. The summed E-state index contributed by atoms with van der Waals surface area (Å²) >= 11 is 8.13. The highest BCUT2D eigenvalue weighted by Crippen LogP contribution is 2.12. The van der Waals surface area contributed by atoms with Crippen molar-refractivity contribution in [2.24, 2.45) is 5.10 Å². The van der Waals surface area contributed by atoms with Gasteiger partial charge in [0.15, 0.2) is 5.82 Å². The average molecular weight is 387 g/mol. The molecule has 0 aliphatic heterocycles. The van der Waals surface area contributed by atoms with Gasteiger partial charge in [0.25, 0.3) is 0 Å². The van der Waals surface area contributed by atoms with Crippen LogP contribution in [0.1, 0.15) is 18.3 Å². The van der Waals surface area contributed by atoms with Gasteiger partial charge in [-0.25, -0.2) is 9.97 Å². The summed E-state index contributed by atoms with van der Waals surface area (Å²) in [6.45, 7) is 3.72. The van der Waals surface area contributed by atoms with Gasteiger partial charge in [-0.05, 0) is 54.1 Å². The fourth-order valence-electron chi connectivity index (χ4n) is 1.49. The molecular formula is C13H12ClIN4. The Labute approximate surface area is 130 Å². The predicted octanol–water partition coefficient (Wildman–Crippen LogP) is 3.88. The summed E-state index contributed by atoms with van der Waals surface area (Å²) in [6, 6.07) is 9.78. The Hall–Kier alpha value is -1.21. The quantitative estimate of drug-likeness (QED) is 0.377. The van der Waals surface area contributed by atoms with Crippen LogP contribution in [0, 0.1) is 10.5 Å². The maximum absolute atomic E-state index is 5.86. The molecule has 0 atom stereocenters. The number of rotatable bonds is 3. The number of halogens is 2. The molecule has 4 nitrogen and oxygen atoms in total. The third-order valence-electron chi connectivity index (χ3n) is 2.41. The first kappa shape index (κ1) is 14.2. The van der Waals surface area contributed by atoms with Gasteiger partial charge in [-0.3, -0.25) is 5.43 Å². The Morgan fingerprint density at radius 3 is 2.58 bits per heavy atom. The standard InChI is InChI=1S/C13H12ClIN4/c1-8(10-3-5-11(15)6-4-10)18-19-13-7-12(14)16-9(2)17-13/h3-7H,1-2H3,(H,16,17,19). The van der Waals surface area contributed by atoms with Crippen LogP contribution in [0.2, 0.25) is 5.15 Å².